The summed E-state index contributed by atoms with van der Waals surface area (Å²) < 4.78 is 31.9. The normalized spacial score (nSPS) is 18.8. The van der Waals surface area contributed by atoms with E-state index in [1.54, 1.807) is 29.2 Å². The van der Waals surface area contributed by atoms with Crippen LogP contribution in [0.25, 0.3) is 10.8 Å². The Morgan fingerprint density at radius 1 is 1.12 bits per heavy atom. The van der Waals surface area contributed by atoms with Gasteiger partial charge in [-0.2, -0.15) is 0 Å². The molecule has 2 saturated heterocycles. The van der Waals surface area contributed by atoms with Crippen LogP contribution in [0.3, 0.4) is 0 Å². The summed E-state index contributed by atoms with van der Waals surface area (Å²) in [6.07, 6.45) is 3.40. The number of likely N-dealkylation sites (tertiary alicyclic amines) is 2. The smallest absolute Gasteiger partial charge is 0.247 e. The van der Waals surface area contributed by atoms with Gasteiger partial charge in [-0.05, 0) is 42.7 Å². The van der Waals surface area contributed by atoms with Gasteiger partial charge in [0.05, 0.1) is 12.8 Å². The molecule has 0 spiro atoms. The van der Waals surface area contributed by atoms with Gasteiger partial charge in [-0.15, -0.1) is 0 Å². The van der Waals surface area contributed by atoms with Gasteiger partial charge in [0.25, 0.3) is 0 Å². The Hall–Kier alpha value is -3.96. The second-order valence-electron chi connectivity index (χ2n) is 10.5. The number of carbonyl (C=O) groups is 2. The highest BCUT2D eigenvalue weighted by atomic mass is 32.2. The van der Waals surface area contributed by atoms with Crippen LogP contribution in [0.2, 0.25) is 0 Å². The van der Waals surface area contributed by atoms with E-state index in [0.717, 1.165) is 39.9 Å². The molecule has 5 rings (SSSR count). The maximum atomic E-state index is 14.0. The van der Waals surface area contributed by atoms with E-state index in [4.69, 9.17) is 15.9 Å². The van der Waals surface area contributed by atoms with E-state index in [-0.39, 0.29) is 31.1 Å². The van der Waals surface area contributed by atoms with Crippen molar-refractivity contribution < 1.29 is 23.1 Å². The highest BCUT2D eigenvalue weighted by Crippen LogP contribution is 2.35. The monoisotopic (exact) mass is 576 g/mol. The summed E-state index contributed by atoms with van der Waals surface area (Å²) in [4.78, 5) is 31.2. The van der Waals surface area contributed by atoms with Gasteiger partial charge in [0.2, 0.25) is 11.8 Å². The number of nitrogens with zero attached hydrogens (tertiary/aromatic N) is 3. The number of hydrogen-bond donors (Lipinski definition) is 2. The molecular formula is C30H34N5O5S-. The summed E-state index contributed by atoms with van der Waals surface area (Å²) >= 11 is -2.75. The third-order valence-corrected chi connectivity index (χ3v) is 8.75. The zero-order chi connectivity index (χ0) is 29.1. The van der Waals surface area contributed by atoms with E-state index in [1.807, 2.05) is 41.3 Å². The summed E-state index contributed by atoms with van der Waals surface area (Å²) in [5.41, 5.74) is 7.32. The van der Waals surface area contributed by atoms with Crippen molar-refractivity contribution >= 4 is 45.4 Å². The summed E-state index contributed by atoms with van der Waals surface area (Å²) in [5, 5.41) is 9.27. The first-order valence-electron chi connectivity index (χ1n) is 13.8. The molecule has 216 valence electrons. The molecule has 2 heterocycles. The number of carbonyl (C=O) groups excluding carboxylic acids is 2. The van der Waals surface area contributed by atoms with Gasteiger partial charge in [-0.25, -0.2) is 0 Å². The van der Waals surface area contributed by atoms with Gasteiger partial charge in [0.15, 0.2) is 0 Å². The van der Waals surface area contributed by atoms with Gasteiger partial charge in [-0.3, -0.25) is 23.5 Å². The third-order valence-electron chi connectivity index (χ3n) is 7.96. The first kappa shape index (κ1) is 28.6. The average molecular weight is 577 g/mol. The van der Waals surface area contributed by atoms with E-state index >= 15 is 0 Å². The van der Waals surface area contributed by atoms with Crippen LogP contribution in [-0.4, -0.2) is 75.0 Å². The lowest BCUT2D eigenvalue weighted by atomic mass is 10.0. The van der Waals surface area contributed by atoms with Crippen LogP contribution >= 0.6 is 0 Å². The number of piperidine rings is 1. The predicted molar refractivity (Wildman–Crippen MR) is 157 cm³/mol. The van der Waals surface area contributed by atoms with Gasteiger partial charge in [-0.1, -0.05) is 48.5 Å². The number of benzene rings is 3. The van der Waals surface area contributed by atoms with Crippen LogP contribution in [0.15, 0.2) is 60.7 Å². The summed E-state index contributed by atoms with van der Waals surface area (Å²) in [6, 6.07) is 16.1. The number of amidine groups is 1. The Morgan fingerprint density at radius 2 is 1.83 bits per heavy atom. The van der Waals surface area contributed by atoms with E-state index in [0.29, 0.717) is 30.1 Å². The number of methoxy groups -OCH3 is 1. The summed E-state index contributed by atoms with van der Waals surface area (Å²) in [6.45, 7) is 1.52. The van der Waals surface area contributed by atoms with Crippen LogP contribution < -0.4 is 14.8 Å². The van der Waals surface area contributed by atoms with Gasteiger partial charge in [0.1, 0.15) is 23.7 Å². The molecule has 3 aromatic rings. The van der Waals surface area contributed by atoms with Crippen LogP contribution in [0, 0.1) is 5.41 Å². The quantitative estimate of drug-likeness (QED) is 0.228. The van der Waals surface area contributed by atoms with Crippen molar-refractivity contribution in [3.8, 4) is 5.75 Å². The standard InChI is InChI=1S/C30H35N5O5S/c1-40-27-19-23(18-22-7-3-4-8-24(22)27)35(41(38)39)25-13-16-34(30(25)37)26(29(36)33-14-5-2-6-15-33)17-20-9-11-21(12-10-20)28(31)32/h3-4,7-12,18-19,25-26H,2,5-6,13-17H2,1H3,(H3,31,32)(H,38,39)/p-1. The minimum absolute atomic E-state index is 0.0499. The maximum Gasteiger partial charge on any atom is 0.247 e. The zero-order valence-corrected chi connectivity index (χ0v) is 23.8. The Bertz CT molecular complexity index is 1470. The van der Waals surface area contributed by atoms with E-state index in [9.17, 15) is 18.4 Å². The molecule has 3 aromatic carbocycles. The summed E-state index contributed by atoms with van der Waals surface area (Å²) in [5.74, 6) is -0.0809. The van der Waals surface area contributed by atoms with E-state index in [1.165, 1.54) is 7.11 Å². The number of nitrogen functional groups attached to an aromatic ring is 1. The van der Waals surface area contributed by atoms with Crippen molar-refractivity contribution in [3.05, 3.63) is 71.8 Å². The van der Waals surface area contributed by atoms with Crippen LogP contribution in [0.1, 0.15) is 36.8 Å². The van der Waals surface area contributed by atoms with Crippen LogP contribution in [0.5, 0.6) is 5.75 Å². The van der Waals surface area contributed by atoms with E-state index < -0.39 is 29.3 Å². The second kappa shape index (κ2) is 12.3. The molecule has 2 aliphatic rings. The van der Waals surface area contributed by atoms with Gasteiger partial charge in [0, 0.05) is 54.3 Å². The largest absolute Gasteiger partial charge is 0.755 e. The zero-order valence-electron chi connectivity index (χ0n) is 23.0. The van der Waals surface area contributed by atoms with Gasteiger partial charge >= 0.3 is 0 Å². The molecule has 11 heteroatoms. The number of anilines is 1. The molecule has 2 fully saturated rings. The molecule has 3 unspecified atom stereocenters. The molecule has 0 radical (unpaired) electrons. The molecule has 2 amide bonds. The number of rotatable bonds is 9. The molecule has 3 atom stereocenters. The predicted octanol–water partition coefficient (Wildman–Crippen LogP) is 2.96. The van der Waals surface area contributed by atoms with E-state index in [2.05, 4.69) is 0 Å². The number of nitrogens with two attached hydrogens (primary N) is 1. The lowest BCUT2D eigenvalue weighted by molar-refractivity contribution is -0.144. The molecular weight excluding hydrogens is 542 g/mol. The molecule has 10 nitrogen and oxygen atoms in total. The second-order valence-corrected chi connectivity index (χ2v) is 11.3. The van der Waals surface area contributed by atoms with Crippen molar-refractivity contribution in [1.82, 2.24) is 9.80 Å². The first-order chi connectivity index (χ1) is 19.8. The fourth-order valence-electron chi connectivity index (χ4n) is 5.84. The number of hydrogen-bond acceptors (Lipinski definition) is 6. The molecule has 0 saturated carbocycles. The van der Waals surface area contributed by atoms with Crippen LogP contribution in [0.4, 0.5) is 5.69 Å². The molecule has 41 heavy (non-hydrogen) atoms. The Morgan fingerprint density at radius 3 is 2.49 bits per heavy atom. The molecule has 0 aromatic heterocycles. The maximum absolute atomic E-state index is 14.0. The number of fused-ring (bicyclic) bond motifs is 1. The van der Waals surface area contributed by atoms with Crippen molar-refractivity contribution in [2.75, 3.05) is 31.0 Å². The third kappa shape index (κ3) is 5.91. The summed E-state index contributed by atoms with van der Waals surface area (Å²) in [7, 11) is 1.52. The molecule has 2 aliphatic heterocycles. The van der Waals surface area contributed by atoms with Crippen molar-refractivity contribution in [3.63, 3.8) is 0 Å². The van der Waals surface area contributed by atoms with Crippen molar-refractivity contribution in [2.45, 2.75) is 44.2 Å². The lowest BCUT2D eigenvalue weighted by Crippen LogP contribution is -2.53. The van der Waals surface area contributed by atoms with Crippen molar-refractivity contribution in [2.24, 2.45) is 5.73 Å². The van der Waals surface area contributed by atoms with Gasteiger partial charge < -0.3 is 24.8 Å². The highest BCUT2D eigenvalue weighted by Gasteiger charge is 2.43. The van der Waals surface area contributed by atoms with Crippen LogP contribution in [-0.2, 0) is 27.3 Å². The fraction of sp³-hybridized carbons (Fsp3) is 0.367. The Labute approximate surface area is 242 Å². The number of nitrogens with one attached hydrogen (secondary N) is 1. The minimum Gasteiger partial charge on any atom is -0.755 e. The molecule has 0 aliphatic carbocycles. The SMILES string of the molecule is COc1cc(N(C2CCN(C(Cc3ccc(C(=N)N)cc3)C(=O)N3CCCCC3)C2=O)S(=O)[O-])cc2ccccc12. The average Bonchev–Trinajstić information content (AvgIpc) is 3.35. The number of ether oxygens (including phenoxy) is 1. The molecule has 3 N–H and O–H groups in total. The topological polar surface area (TPSA) is 143 Å². The fourth-order valence-corrected chi connectivity index (χ4v) is 6.52. The number of amides is 2. The first-order valence-corrected chi connectivity index (χ1v) is 14.8. The Kier molecular flexibility index (Phi) is 8.55. The minimum atomic E-state index is -2.75. The Balaban J connectivity index is 1.46. The van der Waals surface area contributed by atoms with Crippen molar-refractivity contribution in [1.29, 1.82) is 5.41 Å². The lowest BCUT2D eigenvalue weighted by Gasteiger charge is -2.36. The molecule has 0 bridgehead atoms. The highest BCUT2D eigenvalue weighted by molar-refractivity contribution is 7.80.